The van der Waals surface area contributed by atoms with E-state index in [2.05, 4.69) is 10.3 Å². The van der Waals surface area contributed by atoms with Gasteiger partial charge in [0.15, 0.2) is 0 Å². The van der Waals surface area contributed by atoms with Gasteiger partial charge in [0.1, 0.15) is 11.6 Å². The van der Waals surface area contributed by atoms with Crippen molar-refractivity contribution in [2.24, 2.45) is 0 Å². The van der Waals surface area contributed by atoms with Gasteiger partial charge in [0, 0.05) is 16.0 Å². The number of fused-ring (bicyclic) bond motifs is 1. The second kappa shape index (κ2) is 8.46. The summed E-state index contributed by atoms with van der Waals surface area (Å²) in [5.41, 5.74) is 1.25. The normalized spacial score (nSPS) is 10.7. The van der Waals surface area contributed by atoms with Crippen molar-refractivity contribution < 1.29 is 19.1 Å². The minimum absolute atomic E-state index is 0.118. The minimum Gasteiger partial charge on any atom is -0.462 e. The first-order chi connectivity index (χ1) is 13.5. The van der Waals surface area contributed by atoms with Gasteiger partial charge >= 0.3 is 5.97 Å². The Kier molecular flexibility index (Phi) is 6.02. The number of anilines is 1. The van der Waals surface area contributed by atoms with E-state index in [0.29, 0.717) is 16.5 Å². The summed E-state index contributed by atoms with van der Waals surface area (Å²) in [6, 6.07) is 11.6. The van der Waals surface area contributed by atoms with Crippen LogP contribution in [-0.2, 0) is 9.53 Å². The van der Waals surface area contributed by atoms with Crippen molar-refractivity contribution in [1.82, 2.24) is 4.98 Å². The van der Waals surface area contributed by atoms with Crippen molar-refractivity contribution >= 4 is 57.5 Å². The Labute approximate surface area is 170 Å². The highest BCUT2D eigenvalue weighted by atomic mass is 35.5. The first-order valence-corrected chi connectivity index (χ1v) is 9.35. The smallest absolute Gasteiger partial charge is 0.338 e. The fourth-order valence-electron chi connectivity index (χ4n) is 2.87. The number of amides is 1. The summed E-state index contributed by atoms with van der Waals surface area (Å²) in [6.45, 7) is 1.84. The van der Waals surface area contributed by atoms with Crippen molar-refractivity contribution in [2.75, 3.05) is 17.8 Å². The predicted octanol–water partition coefficient (Wildman–Crippen LogP) is 4.41. The van der Waals surface area contributed by atoms with Crippen LogP contribution in [0.5, 0.6) is 0 Å². The maximum absolute atomic E-state index is 13.0. The molecule has 2 N–H and O–H groups in total. The SMILES string of the molecule is CCOC(=O)c1cc(Cl)cc2[nH]c(C(=O)c3ccccc3)c(NC(=O)CCl)c12. The van der Waals surface area contributed by atoms with Gasteiger partial charge < -0.3 is 15.0 Å². The highest BCUT2D eigenvalue weighted by molar-refractivity contribution is 6.33. The summed E-state index contributed by atoms with van der Waals surface area (Å²) in [7, 11) is 0. The zero-order valence-electron chi connectivity index (χ0n) is 14.8. The average molecular weight is 419 g/mol. The van der Waals surface area contributed by atoms with Gasteiger partial charge in [-0.2, -0.15) is 0 Å². The van der Waals surface area contributed by atoms with Crippen LogP contribution < -0.4 is 5.32 Å². The lowest BCUT2D eigenvalue weighted by Gasteiger charge is -2.09. The number of hydrogen-bond donors (Lipinski definition) is 2. The standard InChI is InChI=1S/C20H16Cl2N2O4/c1-2-28-20(27)13-8-12(22)9-14-16(13)17(24-15(25)10-21)18(23-14)19(26)11-6-4-3-5-7-11/h3-9,23H,2,10H2,1H3,(H,24,25). The van der Waals surface area contributed by atoms with E-state index in [1.807, 2.05) is 0 Å². The summed E-state index contributed by atoms with van der Waals surface area (Å²) in [6.07, 6.45) is 0. The predicted molar refractivity (Wildman–Crippen MR) is 108 cm³/mol. The van der Waals surface area contributed by atoms with E-state index in [1.165, 1.54) is 6.07 Å². The van der Waals surface area contributed by atoms with Gasteiger partial charge in [0.2, 0.25) is 11.7 Å². The Morgan fingerprint density at radius 2 is 1.86 bits per heavy atom. The fourth-order valence-corrected chi connectivity index (χ4v) is 3.15. The van der Waals surface area contributed by atoms with E-state index in [4.69, 9.17) is 27.9 Å². The van der Waals surface area contributed by atoms with Gasteiger partial charge in [-0.3, -0.25) is 9.59 Å². The molecule has 3 rings (SSSR count). The number of ether oxygens (including phenoxy) is 1. The molecule has 0 spiro atoms. The second-order valence-corrected chi connectivity index (χ2v) is 6.55. The Bertz CT molecular complexity index is 1060. The summed E-state index contributed by atoms with van der Waals surface area (Å²) in [5, 5.41) is 3.23. The number of esters is 1. The van der Waals surface area contributed by atoms with Crippen LogP contribution in [0.4, 0.5) is 5.69 Å². The number of aromatic nitrogens is 1. The first-order valence-electron chi connectivity index (χ1n) is 8.44. The lowest BCUT2D eigenvalue weighted by atomic mass is 10.0. The Morgan fingerprint density at radius 1 is 1.14 bits per heavy atom. The molecule has 1 aromatic heterocycles. The Balaban J connectivity index is 2.27. The fraction of sp³-hybridized carbons (Fsp3) is 0.150. The number of benzene rings is 2. The molecule has 0 bridgehead atoms. The third kappa shape index (κ3) is 3.88. The minimum atomic E-state index is -0.617. The molecule has 3 aromatic rings. The molecule has 2 aromatic carbocycles. The number of carbonyl (C=O) groups excluding carboxylic acids is 3. The number of aromatic amines is 1. The van der Waals surface area contributed by atoms with Gasteiger partial charge in [0.25, 0.3) is 0 Å². The van der Waals surface area contributed by atoms with E-state index in [9.17, 15) is 14.4 Å². The van der Waals surface area contributed by atoms with Crippen LogP contribution in [0.3, 0.4) is 0 Å². The number of alkyl halides is 1. The molecule has 1 amide bonds. The van der Waals surface area contributed by atoms with Crippen LogP contribution in [0.15, 0.2) is 42.5 Å². The molecule has 0 saturated heterocycles. The van der Waals surface area contributed by atoms with E-state index in [1.54, 1.807) is 43.3 Å². The molecule has 0 aliphatic rings. The highest BCUT2D eigenvalue weighted by Gasteiger charge is 2.25. The van der Waals surface area contributed by atoms with Crippen LogP contribution in [0.2, 0.25) is 5.02 Å². The van der Waals surface area contributed by atoms with E-state index >= 15 is 0 Å². The number of carbonyl (C=O) groups is 3. The van der Waals surface area contributed by atoms with Crippen molar-refractivity contribution in [3.8, 4) is 0 Å². The van der Waals surface area contributed by atoms with Crippen LogP contribution in [0.1, 0.15) is 33.3 Å². The van der Waals surface area contributed by atoms with Crippen molar-refractivity contribution in [3.63, 3.8) is 0 Å². The molecule has 0 atom stereocenters. The van der Waals surface area contributed by atoms with Crippen molar-refractivity contribution in [1.29, 1.82) is 0 Å². The molecule has 0 saturated carbocycles. The number of nitrogens with one attached hydrogen (secondary N) is 2. The molecule has 8 heteroatoms. The number of halogens is 2. The number of rotatable bonds is 6. The zero-order valence-corrected chi connectivity index (χ0v) is 16.4. The Hall–Kier alpha value is -2.83. The van der Waals surface area contributed by atoms with E-state index < -0.39 is 11.9 Å². The molecule has 6 nitrogen and oxygen atoms in total. The molecule has 0 unspecified atom stereocenters. The topological polar surface area (TPSA) is 88.3 Å². The lowest BCUT2D eigenvalue weighted by Crippen LogP contribution is -2.16. The molecule has 1 heterocycles. The molecule has 0 fully saturated rings. The van der Waals surface area contributed by atoms with Crippen LogP contribution in [0, 0.1) is 0 Å². The molecule has 0 aliphatic heterocycles. The second-order valence-electron chi connectivity index (χ2n) is 5.85. The molecular weight excluding hydrogens is 403 g/mol. The van der Waals surface area contributed by atoms with Crippen molar-refractivity contribution in [2.45, 2.75) is 6.92 Å². The van der Waals surface area contributed by atoms with Crippen LogP contribution in [0.25, 0.3) is 10.9 Å². The van der Waals surface area contributed by atoms with Gasteiger partial charge in [-0.05, 0) is 19.1 Å². The van der Waals surface area contributed by atoms with Crippen LogP contribution in [-0.4, -0.2) is 35.1 Å². The van der Waals surface area contributed by atoms with Gasteiger partial charge in [-0.1, -0.05) is 41.9 Å². The van der Waals surface area contributed by atoms with Gasteiger partial charge in [0.05, 0.1) is 23.4 Å². The summed E-state index contributed by atoms with van der Waals surface area (Å²) in [4.78, 5) is 40.5. The number of H-pyrrole nitrogens is 1. The van der Waals surface area contributed by atoms with Gasteiger partial charge in [-0.15, -0.1) is 11.6 Å². The number of ketones is 1. The highest BCUT2D eigenvalue weighted by Crippen LogP contribution is 2.35. The zero-order chi connectivity index (χ0) is 20.3. The maximum atomic E-state index is 13.0. The van der Waals surface area contributed by atoms with E-state index in [-0.39, 0.29) is 40.2 Å². The monoisotopic (exact) mass is 418 g/mol. The third-order valence-corrected chi connectivity index (χ3v) is 4.47. The molecule has 0 radical (unpaired) electrons. The van der Waals surface area contributed by atoms with Gasteiger partial charge in [-0.25, -0.2) is 4.79 Å². The third-order valence-electron chi connectivity index (χ3n) is 4.01. The maximum Gasteiger partial charge on any atom is 0.338 e. The molecule has 0 aliphatic carbocycles. The average Bonchev–Trinajstić information content (AvgIpc) is 3.05. The Morgan fingerprint density at radius 3 is 2.50 bits per heavy atom. The van der Waals surface area contributed by atoms with E-state index in [0.717, 1.165) is 0 Å². The first kappa shape index (κ1) is 19.9. The van der Waals surface area contributed by atoms with Crippen LogP contribution >= 0.6 is 23.2 Å². The largest absolute Gasteiger partial charge is 0.462 e. The summed E-state index contributed by atoms with van der Waals surface area (Å²) in [5.74, 6) is -1.80. The molecule has 28 heavy (non-hydrogen) atoms. The lowest BCUT2D eigenvalue weighted by molar-refractivity contribution is -0.113. The number of hydrogen-bond acceptors (Lipinski definition) is 4. The molecule has 144 valence electrons. The summed E-state index contributed by atoms with van der Waals surface area (Å²) >= 11 is 11.8. The molecular formula is C20H16Cl2N2O4. The summed E-state index contributed by atoms with van der Waals surface area (Å²) < 4.78 is 5.10. The van der Waals surface area contributed by atoms with Crippen molar-refractivity contribution in [3.05, 3.63) is 64.3 Å². The quantitative estimate of drug-likeness (QED) is 0.352.